The molecule has 6 nitrogen and oxygen atoms in total. The summed E-state index contributed by atoms with van der Waals surface area (Å²) < 4.78 is 10.6. The highest BCUT2D eigenvalue weighted by Gasteiger charge is 2.39. The second-order valence-corrected chi connectivity index (χ2v) is 8.01. The molecule has 150 valence electrons. The Morgan fingerprint density at radius 2 is 2.00 bits per heavy atom. The van der Waals surface area contributed by atoms with Gasteiger partial charge in [0.15, 0.2) is 0 Å². The molecule has 3 fully saturated rings. The molecule has 28 heavy (non-hydrogen) atoms. The van der Waals surface area contributed by atoms with Crippen LogP contribution in [0.15, 0.2) is 28.8 Å². The summed E-state index contributed by atoms with van der Waals surface area (Å²) in [5.41, 5.74) is 2.73. The average molecular weight is 383 g/mol. The van der Waals surface area contributed by atoms with Gasteiger partial charge < -0.3 is 14.2 Å². The highest BCUT2D eigenvalue weighted by atomic mass is 16.5. The van der Waals surface area contributed by atoms with Crippen molar-refractivity contribution in [3.05, 3.63) is 46.8 Å². The molecule has 6 heteroatoms. The fourth-order valence-electron chi connectivity index (χ4n) is 4.62. The number of hydrogen-bond donors (Lipinski definition) is 0. The highest BCUT2D eigenvalue weighted by Crippen LogP contribution is 2.31. The Morgan fingerprint density at radius 3 is 2.71 bits per heavy atom. The molecule has 0 saturated carbocycles. The Balaban J connectivity index is 1.50. The lowest BCUT2D eigenvalue weighted by molar-refractivity contribution is 0.0582. The minimum absolute atomic E-state index is 0.0941. The molecule has 3 saturated heterocycles. The molecule has 0 aliphatic carbocycles. The molecule has 3 aliphatic rings. The van der Waals surface area contributed by atoms with Gasteiger partial charge >= 0.3 is 0 Å². The van der Waals surface area contributed by atoms with Gasteiger partial charge in [-0.05, 0) is 49.8 Å². The first-order valence-electron chi connectivity index (χ1n) is 10.2. The van der Waals surface area contributed by atoms with Gasteiger partial charge in [-0.1, -0.05) is 24.2 Å². The van der Waals surface area contributed by atoms with Gasteiger partial charge in [-0.3, -0.25) is 9.69 Å². The molecule has 2 aromatic rings. The first-order chi connectivity index (χ1) is 13.6. The van der Waals surface area contributed by atoms with Crippen molar-refractivity contribution in [1.29, 1.82) is 0 Å². The zero-order valence-electron chi connectivity index (χ0n) is 17.0. The molecule has 5 rings (SSSR count). The maximum atomic E-state index is 13.3. The van der Waals surface area contributed by atoms with Crippen LogP contribution >= 0.6 is 0 Å². The zero-order valence-corrected chi connectivity index (χ0v) is 17.0. The maximum Gasteiger partial charge on any atom is 0.259 e. The number of aryl methyl sites for hydroxylation is 2. The number of piperidine rings is 1. The number of fused-ring (bicyclic) bond motifs is 4. The van der Waals surface area contributed by atoms with Crippen LogP contribution in [-0.4, -0.2) is 53.6 Å². The van der Waals surface area contributed by atoms with Gasteiger partial charge in [0.25, 0.3) is 5.91 Å². The van der Waals surface area contributed by atoms with E-state index < -0.39 is 0 Å². The first kappa shape index (κ1) is 19.0. The lowest BCUT2D eigenvalue weighted by atomic mass is 9.94. The van der Waals surface area contributed by atoms with Crippen LogP contribution in [0.1, 0.15) is 47.1 Å². The molecular weight excluding hydrogens is 354 g/mol. The van der Waals surface area contributed by atoms with Crippen LogP contribution in [0.2, 0.25) is 0 Å². The molecule has 1 amide bonds. The number of carbonyl (C=O) groups is 1. The Bertz CT molecular complexity index is 830. The summed E-state index contributed by atoms with van der Waals surface area (Å²) in [6, 6.07) is 8.53. The standard InChI is InChI=1S/C22H29N3O3/c1-4-20-21(15(2)28-23-20)22(26)25-13-17-5-8-18(25)14-24(12-17)11-16-6-9-19(27-3)10-7-16/h6-7,9-10,17-18H,4-5,8,11-14H2,1-3H3/t17-,18+/m0/s1. The quantitative estimate of drug-likeness (QED) is 0.793. The summed E-state index contributed by atoms with van der Waals surface area (Å²) >= 11 is 0. The first-order valence-corrected chi connectivity index (χ1v) is 10.2. The van der Waals surface area contributed by atoms with Gasteiger partial charge in [-0.25, -0.2) is 0 Å². The van der Waals surface area contributed by atoms with Crippen LogP contribution in [0.3, 0.4) is 0 Å². The van der Waals surface area contributed by atoms with Crippen LogP contribution in [0.4, 0.5) is 0 Å². The summed E-state index contributed by atoms with van der Waals surface area (Å²) in [6.45, 7) is 7.54. The third kappa shape index (κ3) is 3.65. The number of benzene rings is 1. The van der Waals surface area contributed by atoms with E-state index in [1.165, 1.54) is 12.0 Å². The third-order valence-electron chi connectivity index (χ3n) is 6.10. The van der Waals surface area contributed by atoms with Crippen LogP contribution in [0.25, 0.3) is 0 Å². The van der Waals surface area contributed by atoms with Crippen molar-refractivity contribution in [2.45, 2.75) is 45.7 Å². The van der Waals surface area contributed by atoms with E-state index in [4.69, 9.17) is 9.26 Å². The SMILES string of the molecule is CCc1noc(C)c1C(=O)N1C[C@H]2CC[C@@H]1CN(Cc1ccc(OC)cc1)C2. The fourth-order valence-corrected chi connectivity index (χ4v) is 4.62. The molecule has 0 unspecified atom stereocenters. The minimum Gasteiger partial charge on any atom is -0.497 e. The molecule has 0 N–H and O–H groups in total. The monoisotopic (exact) mass is 383 g/mol. The van der Waals surface area contributed by atoms with E-state index in [1.807, 2.05) is 26.0 Å². The second kappa shape index (κ2) is 7.95. The normalized spacial score (nSPS) is 22.3. The number of carbonyl (C=O) groups excluding carboxylic acids is 1. The molecule has 4 heterocycles. The molecule has 1 aromatic heterocycles. The summed E-state index contributed by atoms with van der Waals surface area (Å²) in [4.78, 5) is 17.9. The van der Waals surface area contributed by atoms with Crippen molar-refractivity contribution in [3.63, 3.8) is 0 Å². The van der Waals surface area contributed by atoms with Gasteiger partial charge in [-0.2, -0.15) is 0 Å². The van der Waals surface area contributed by atoms with E-state index in [-0.39, 0.29) is 11.9 Å². The second-order valence-electron chi connectivity index (χ2n) is 8.01. The van der Waals surface area contributed by atoms with Gasteiger partial charge in [0.2, 0.25) is 0 Å². The van der Waals surface area contributed by atoms with Gasteiger partial charge in [0.1, 0.15) is 17.1 Å². The van der Waals surface area contributed by atoms with Crippen molar-refractivity contribution in [2.24, 2.45) is 5.92 Å². The smallest absolute Gasteiger partial charge is 0.259 e. The number of ether oxygens (including phenoxy) is 1. The van der Waals surface area contributed by atoms with E-state index in [1.54, 1.807) is 7.11 Å². The summed E-state index contributed by atoms with van der Waals surface area (Å²) in [6.07, 6.45) is 2.97. The molecule has 0 radical (unpaired) electrons. The Hall–Kier alpha value is -2.34. The van der Waals surface area contributed by atoms with E-state index in [9.17, 15) is 4.79 Å². The van der Waals surface area contributed by atoms with Crippen LogP contribution < -0.4 is 4.74 Å². The predicted molar refractivity (Wildman–Crippen MR) is 106 cm³/mol. The topological polar surface area (TPSA) is 58.8 Å². The molecule has 1 aromatic carbocycles. The molecular formula is C22H29N3O3. The Morgan fingerprint density at radius 1 is 1.21 bits per heavy atom. The largest absolute Gasteiger partial charge is 0.497 e. The maximum absolute atomic E-state index is 13.3. The third-order valence-corrected chi connectivity index (χ3v) is 6.10. The van der Waals surface area contributed by atoms with Crippen LogP contribution in [0.5, 0.6) is 5.75 Å². The summed E-state index contributed by atoms with van der Waals surface area (Å²) in [5, 5.41) is 4.08. The number of hydrogen-bond acceptors (Lipinski definition) is 5. The molecule has 2 bridgehead atoms. The average Bonchev–Trinajstić information content (AvgIpc) is 2.87. The van der Waals surface area contributed by atoms with Gasteiger partial charge in [-0.15, -0.1) is 0 Å². The fraction of sp³-hybridized carbons (Fsp3) is 0.545. The van der Waals surface area contributed by atoms with Crippen LogP contribution in [0, 0.1) is 12.8 Å². The van der Waals surface area contributed by atoms with Crippen molar-refractivity contribution in [2.75, 3.05) is 26.7 Å². The van der Waals surface area contributed by atoms with Gasteiger partial charge in [0.05, 0.1) is 12.8 Å². The van der Waals surface area contributed by atoms with Gasteiger partial charge in [0, 0.05) is 32.2 Å². The lowest BCUT2D eigenvalue weighted by Crippen LogP contribution is -2.47. The lowest BCUT2D eigenvalue weighted by Gasteiger charge is -2.36. The highest BCUT2D eigenvalue weighted by molar-refractivity contribution is 5.96. The minimum atomic E-state index is 0.0941. The molecule has 2 atom stereocenters. The van der Waals surface area contributed by atoms with E-state index in [0.29, 0.717) is 23.7 Å². The van der Waals surface area contributed by atoms with Crippen molar-refractivity contribution >= 4 is 5.91 Å². The van der Waals surface area contributed by atoms with Crippen molar-refractivity contribution < 1.29 is 14.1 Å². The number of methoxy groups -OCH3 is 1. The molecule has 3 aliphatic heterocycles. The van der Waals surface area contributed by atoms with E-state index in [0.717, 1.165) is 44.0 Å². The number of rotatable bonds is 5. The van der Waals surface area contributed by atoms with E-state index in [2.05, 4.69) is 27.1 Å². The van der Waals surface area contributed by atoms with Crippen molar-refractivity contribution in [3.8, 4) is 5.75 Å². The summed E-state index contributed by atoms with van der Waals surface area (Å²) in [5.74, 6) is 2.13. The zero-order chi connectivity index (χ0) is 19.7. The van der Waals surface area contributed by atoms with Crippen LogP contribution in [-0.2, 0) is 13.0 Å². The molecule has 0 spiro atoms. The van der Waals surface area contributed by atoms with Crippen molar-refractivity contribution in [1.82, 2.24) is 15.0 Å². The Labute approximate surface area is 166 Å². The number of amides is 1. The summed E-state index contributed by atoms with van der Waals surface area (Å²) in [7, 11) is 1.69. The predicted octanol–water partition coefficient (Wildman–Crippen LogP) is 3.29. The Kier molecular flexibility index (Phi) is 5.40. The number of nitrogens with zero attached hydrogens (tertiary/aromatic N) is 3. The van der Waals surface area contributed by atoms with E-state index >= 15 is 0 Å². The number of aromatic nitrogens is 1.